The lowest BCUT2D eigenvalue weighted by atomic mass is 10.0. The third-order valence-electron chi connectivity index (χ3n) is 4.60. The van der Waals surface area contributed by atoms with Crippen molar-refractivity contribution in [2.24, 2.45) is 11.7 Å². The lowest BCUT2D eigenvalue weighted by Crippen LogP contribution is -2.34. The fraction of sp³-hybridized carbons (Fsp3) is 0.353. The van der Waals surface area contributed by atoms with Gasteiger partial charge in [-0.3, -0.25) is 9.48 Å². The van der Waals surface area contributed by atoms with Gasteiger partial charge in [0.25, 0.3) is 5.91 Å². The maximum absolute atomic E-state index is 12.7. The second kappa shape index (κ2) is 7.40. The Morgan fingerprint density at radius 3 is 2.52 bits per heavy atom. The summed E-state index contributed by atoms with van der Waals surface area (Å²) in [6, 6.07) is 5.48. The van der Waals surface area contributed by atoms with E-state index in [9.17, 15) is 31.6 Å². The van der Waals surface area contributed by atoms with Gasteiger partial charge in [0.15, 0.2) is 15.7 Å². The summed E-state index contributed by atoms with van der Waals surface area (Å²) in [5.41, 5.74) is 4.74. The Bertz CT molecular complexity index is 1070. The highest BCUT2D eigenvalue weighted by atomic mass is 32.2. The van der Waals surface area contributed by atoms with Crippen molar-refractivity contribution in [3.8, 4) is 6.07 Å². The van der Waals surface area contributed by atoms with Crippen LogP contribution in [0.5, 0.6) is 0 Å². The van der Waals surface area contributed by atoms with Crippen molar-refractivity contribution in [1.29, 1.82) is 5.26 Å². The van der Waals surface area contributed by atoms with E-state index in [1.54, 1.807) is 0 Å². The quantitative estimate of drug-likeness (QED) is 0.769. The van der Waals surface area contributed by atoms with Crippen LogP contribution in [0.2, 0.25) is 0 Å². The summed E-state index contributed by atoms with van der Waals surface area (Å²) >= 11 is 0. The smallest absolute Gasteiger partial charge is 0.365 e. The van der Waals surface area contributed by atoms with Crippen LogP contribution in [-0.4, -0.2) is 35.6 Å². The van der Waals surface area contributed by atoms with Crippen LogP contribution in [0.4, 0.5) is 24.7 Å². The number of halogens is 3. The number of benzene rings is 1. The molecule has 1 aromatic carbocycles. The zero-order valence-electron chi connectivity index (χ0n) is 14.8. The molecule has 2 heterocycles. The molecule has 0 aliphatic carbocycles. The molecule has 29 heavy (non-hydrogen) atoms. The monoisotopic (exact) mass is 427 g/mol. The third-order valence-corrected chi connectivity index (χ3v) is 6.33. The number of sulfone groups is 1. The molecule has 0 bridgehead atoms. The number of nitrogens with zero attached hydrogens (tertiary/aromatic N) is 3. The molecule has 1 fully saturated rings. The zero-order valence-corrected chi connectivity index (χ0v) is 15.7. The SMILES string of the molecule is N#C[C@H]1CS(=O)(=O)CC[C@@H]1n1cc(C(N)=O)c(Nc2ccc(C(F)(F)F)cc2)n1. The molecule has 154 valence electrons. The molecular formula is C17H16F3N5O3S. The summed E-state index contributed by atoms with van der Waals surface area (Å²) in [7, 11) is -3.33. The summed E-state index contributed by atoms with van der Waals surface area (Å²) in [4.78, 5) is 11.8. The van der Waals surface area contributed by atoms with E-state index < -0.39 is 39.4 Å². The van der Waals surface area contributed by atoms with Gasteiger partial charge in [-0.15, -0.1) is 0 Å². The number of nitrogens with one attached hydrogen (secondary N) is 1. The second-order valence-electron chi connectivity index (χ2n) is 6.64. The average Bonchev–Trinajstić information content (AvgIpc) is 3.04. The predicted molar refractivity (Wildman–Crippen MR) is 96.9 cm³/mol. The highest BCUT2D eigenvalue weighted by Gasteiger charge is 2.36. The molecule has 3 rings (SSSR count). The summed E-state index contributed by atoms with van der Waals surface area (Å²) < 4.78 is 62.9. The number of amides is 1. The lowest BCUT2D eigenvalue weighted by Gasteiger charge is -2.26. The van der Waals surface area contributed by atoms with Crippen molar-refractivity contribution in [3.05, 3.63) is 41.6 Å². The zero-order chi connectivity index (χ0) is 21.4. The molecule has 12 heteroatoms. The van der Waals surface area contributed by atoms with Crippen LogP contribution < -0.4 is 11.1 Å². The maximum Gasteiger partial charge on any atom is 0.416 e. The van der Waals surface area contributed by atoms with Gasteiger partial charge in [-0.05, 0) is 30.7 Å². The molecule has 0 spiro atoms. The minimum Gasteiger partial charge on any atom is -0.365 e. The Hall–Kier alpha value is -3.07. The summed E-state index contributed by atoms with van der Waals surface area (Å²) in [5, 5.41) is 16.3. The molecule has 8 nitrogen and oxygen atoms in total. The number of rotatable bonds is 4. The number of nitrogens with two attached hydrogens (primary N) is 1. The van der Waals surface area contributed by atoms with Crippen LogP contribution in [0.3, 0.4) is 0 Å². The minimum atomic E-state index is -4.48. The highest BCUT2D eigenvalue weighted by molar-refractivity contribution is 7.91. The van der Waals surface area contributed by atoms with Crippen LogP contribution in [0, 0.1) is 17.2 Å². The Balaban J connectivity index is 1.90. The Kier molecular flexibility index (Phi) is 5.27. The van der Waals surface area contributed by atoms with Crippen molar-refractivity contribution >= 4 is 27.2 Å². The number of primary amides is 1. The predicted octanol–water partition coefficient (Wildman–Crippen LogP) is 2.24. The molecule has 0 unspecified atom stereocenters. The summed E-state index contributed by atoms with van der Waals surface area (Å²) in [6.45, 7) is 0. The fourth-order valence-corrected chi connectivity index (χ4v) is 4.73. The molecule has 2 aromatic rings. The number of carbonyl (C=O) groups excluding carboxylic acids is 1. The van der Waals surface area contributed by atoms with E-state index in [-0.39, 0.29) is 35.0 Å². The molecule has 1 aromatic heterocycles. The molecule has 1 amide bonds. The number of anilines is 2. The van der Waals surface area contributed by atoms with E-state index in [0.29, 0.717) is 0 Å². The minimum absolute atomic E-state index is 0.00220. The van der Waals surface area contributed by atoms with Gasteiger partial charge in [-0.1, -0.05) is 0 Å². The third kappa shape index (κ3) is 4.51. The number of alkyl halides is 3. The van der Waals surface area contributed by atoms with Crippen molar-refractivity contribution < 1.29 is 26.4 Å². The Labute approximate surface area is 164 Å². The van der Waals surface area contributed by atoms with E-state index in [1.807, 2.05) is 6.07 Å². The van der Waals surface area contributed by atoms with E-state index in [0.717, 1.165) is 12.1 Å². The van der Waals surface area contributed by atoms with Crippen LogP contribution in [0.15, 0.2) is 30.5 Å². The van der Waals surface area contributed by atoms with E-state index in [1.165, 1.54) is 23.0 Å². The molecular weight excluding hydrogens is 411 g/mol. The number of aromatic nitrogens is 2. The van der Waals surface area contributed by atoms with Gasteiger partial charge in [0.1, 0.15) is 5.56 Å². The molecule has 1 aliphatic rings. The normalized spacial score (nSPS) is 21.3. The largest absolute Gasteiger partial charge is 0.416 e. The highest BCUT2D eigenvalue weighted by Crippen LogP contribution is 2.32. The van der Waals surface area contributed by atoms with E-state index in [4.69, 9.17) is 5.73 Å². The average molecular weight is 427 g/mol. The first-order valence-corrected chi connectivity index (χ1v) is 10.3. The summed E-state index contributed by atoms with van der Waals surface area (Å²) in [6.07, 6.45) is -3.03. The van der Waals surface area contributed by atoms with Gasteiger partial charge in [0.05, 0.1) is 35.1 Å². The van der Waals surface area contributed by atoms with Gasteiger partial charge >= 0.3 is 6.18 Å². The van der Waals surface area contributed by atoms with Crippen molar-refractivity contribution in [2.75, 3.05) is 16.8 Å². The van der Waals surface area contributed by atoms with E-state index in [2.05, 4.69) is 10.4 Å². The van der Waals surface area contributed by atoms with Crippen molar-refractivity contribution in [3.63, 3.8) is 0 Å². The molecule has 0 saturated carbocycles. The second-order valence-corrected chi connectivity index (χ2v) is 8.87. The molecule has 1 saturated heterocycles. The topological polar surface area (TPSA) is 131 Å². The van der Waals surface area contributed by atoms with Crippen LogP contribution in [0.1, 0.15) is 28.4 Å². The number of hydrogen-bond acceptors (Lipinski definition) is 6. The summed E-state index contributed by atoms with van der Waals surface area (Å²) in [5.74, 6) is -2.12. The molecule has 1 aliphatic heterocycles. The maximum atomic E-state index is 12.7. The first-order chi connectivity index (χ1) is 13.5. The van der Waals surface area contributed by atoms with Crippen LogP contribution >= 0.6 is 0 Å². The van der Waals surface area contributed by atoms with Crippen molar-refractivity contribution in [1.82, 2.24) is 9.78 Å². The molecule has 2 atom stereocenters. The fourth-order valence-electron chi connectivity index (χ4n) is 3.12. The van der Waals surface area contributed by atoms with Gasteiger partial charge in [0.2, 0.25) is 0 Å². The van der Waals surface area contributed by atoms with Crippen molar-refractivity contribution in [2.45, 2.75) is 18.6 Å². The Morgan fingerprint density at radius 2 is 1.97 bits per heavy atom. The molecule has 3 N–H and O–H groups in total. The van der Waals surface area contributed by atoms with Gasteiger partial charge in [0, 0.05) is 11.9 Å². The lowest BCUT2D eigenvalue weighted by molar-refractivity contribution is -0.137. The first kappa shape index (κ1) is 20.7. The number of carbonyl (C=O) groups is 1. The first-order valence-electron chi connectivity index (χ1n) is 8.43. The molecule has 0 radical (unpaired) electrons. The van der Waals surface area contributed by atoms with Gasteiger partial charge in [-0.25, -0.2) is 8.42 Å². The van der Waals surface area contributed by atoms with Crippen LogP contribution in [-0.2, 0) is 16.0 Å². The van der Waals surface area contributed by atoms with E-state index >= 15 is 0 Å². The van der Waals surface area contributed by atoms with Gasteiger partial charge < -0.3 is 11.1 Å². The van der Waals surface area contributed by atoms with Crippen LogP contribution in [0.25, 0.3) is 0 Å². The standard InChI is InChI=1S/C17H16F3N5O3S/c18-17(19,20)11-1-3-12(4-2-11)23-16-13(15(22)26)8-25(24-16)14-5-6-29(27,28)9-10(14)7-21/h1-4,8,10,14H,5-6,9H2,(H2,22,26)(H,23,24)/t10-,14-/m0/s1. The Morgan fingerprint density at radius 1 is 1.31 bits per heavy atom. The number of hydrogen-bond donors (Lipinski definition) is 2. The number of nitriles is 1. The van der Waals surface area contributed by atoms with Gasteiger partial charge in [-0.2, -0.15) is 23.5 Å².